The monoisotopic (exact) mass is 245 g/mol. The molecular formula is C11H10F3NO2. The molecule has 92 valence electrons. The first kappa shape index (κ1) is 11.8. The third kappa shape index (κ3) is 2.07. The lowest BCUT2D eigenvalue weighted by Gasteiger charge is -2.19. The van der Waals surface area contributed by atoms with Gasteiger partial charge in [-0.3, -0.25) is 0 Å². The average molecular weight is 245 g/mol. The second kappa shape index (κ2) is 3.65. The molecule has 1 saturated carbocycles. The van der Waals surface area contributed by atoms with Gasteiger partial charge < -0.3 is 10.4 Å². The van der Waals surface area contributed by atoms with Gasteiger partial charge in [0.2, 0.25) is 0 Å². The molecule has 0 aromatic heterocycles. The number of alkyl halides is 3. The largest absolute Gasteiger partial charge is 0.465 e. The van der Waals surface area contributed by atoms with Gasteiger partial charge in [-0.15, -0.1) is 0 Å². The predicted octanol–water partition coefficient (Wildman–Crippen LogP) is 2.73. The summed E-state index contributed by atoms with van der Waals surface area (Å²) in [5.41, 5.74) is -1.16. The molecular weight excluding hydrogens is 235 g/mol. The number of nitrogens with one attached hydrogen (secondary N) is 1. The van der Waals surface area contributed by atoms with Crippen molar-refractivity contribution >= 4 is 6.09 Å². The van der Waals surface area contributed by atoms with E-state index in [-0.39, 0.29) is 6.42 Å². The number of halogens is 3. The fourth-order valence-electron chi connectivity index (χ4n) is 2.11. The van der Waals surface area contributed by atoms with Crippen molar-refractivity contribution in [1.29, 1.82) is 0 Å². The zero-order valence-electron chi connectivity index (χ0n) is 8.66. The Morgan fingerprint density at radius 2 is 1.94 bits per heavy atom. The van der Waals surface area contributed by atoms with Crippen molar-refractivity contribution in [2.75, 3.05) is 0 Å². The normalized spacial score (nSPS) is 27.6. The molecule has 1 aromatic rings. The third-order valence-electron chi connectivity index (χ3n) is 2.97. The van der Waals surface area contributed by atoms with Gasteiger partial charge in [-0.1, -0.05) is 30.3 Å². The summed E-state index contributed by atoms with van der Waals surface area (Å²) in [7, 11) is 0. The molecule has 0 aliphatic heterocycles. The Morgan fingerprint density at radius 1 is 1.35 bits per heavy atom. The number of amides is 1. The van der Waals surface area contributed by atoms with Crippen LogP contribution in [0.5, 0.6) is 0 Å². The highest BCUT2D eigenvalue weighted by Gasteiger charge is 2.68. The van der Waals surface area contributed by atoms with Crippen LogP contribution >= 0.6 is 0 Å². The molecule has 0 spiro atoms. The van der Waals surface area contributed by atoms with Gasteiger partial charge in [-0.2, -0.15) is 13.2 Å². The minimum atomic E-state index is -4.39. The molecule has 0 saturated heterocycles. The summed E-state index contributed by atoms with van der Waals surface area (Å²) in [4.78, 5) is 10.6. The van der Waals surface area contributed by atoms with Crippen molar-refractivity contribution in [3.63, 3.8) is 0 Å². The number of carbonyl (C=O) groups is 1. The van der Waals surface area contributed by atoms with Gasteiger partial charge in [0, 0.05) is 0 Å². The van der Waals surface area contributed by atoms with Gasteiger partial charge in [0.05, 0.1) is 11.5 Å². The van der Waals surface area contributed by atoms with Gasteiger partial charge in [0.25, 0.3) is 0 Å². The van der Waals surface area contributed by atoms with Crippen molar-refractivity contribution < 1.29 is 23.1 Å². The maximum absolute atomic E-state index is 12.6. The van der Waals surface area contributed by atoms with Crippen LogP contribution in [0.15, 0.2) is 30.3 Å². The van der Waals surface area contributed by atoms with E-state index in [9.17, 15) is 18.0 Å². The Hall–Kier alpha value is -1.72. The van der Waals surface area contributed by atoms with E-state index in [0.29, 0.717) is 5.56 Å². The Kier molecular flexibility index (Phi) is 2.52. The lowest BCUT2D eigenvalue weighted by molar-refractivity contribution is -0.153. The summed E-state index contributed by atoms with van der Waals surface area (Å²) in [6.07, 6.45) is -6.08. The zero-order chi connectivity index (χ0) is 12.7. The summed E-state index contributed by atoms with van der Waals surface area (Å²) < 4.78 is 37.9. The molecule has 1 fully saturated rings. The summed E-state index contributed by atoms with van der Waals surface area (Å²) >= 11 is 0. The van der Waals surface area contributed by atoms with Crippen LogP contribution < -0.4 is 5.32 Å². The second-order valence-corrected chi connectivity index (χ2v) is 4.07. The van der Waals surface area contributed by atoms with E-state index in [1.54, 1.807) is 18.2 Å². The summed E-state index contributed by atoms with van der Waals surface area (Å²) in [5, 5.41) is 10.7. The minimum Gasteiger partial charge on any atom is -0.465 e. The maximum Gasteiger partial charge on any atom is 0.405 e. The predicted molar refractivity (Wildman–Crippen MR) is 53.4 cm³/mol. The first-order valence-electron chi connectivity index (χ1n) is 4.99. The number of hydrogen-bond acceptors (Lipinski definition) is 1. The maximum atomic E-state index is 12.6. The first-order valence-corrected chi connectivity index (χ1v) is 4.99. The number of hydrogen-bond donors (Lipinski definition) is 2. The Labute approximate surface area is 95.3 Å². The SMILES string of the molecule is O=C(O)NC1(c2ccccc2)CC1C(F)(F)F. The number of benzene rings is 1. The van der Waals surface area contributed by atoms with Gasteiger partial charge in [-0.25, -0.2) is 4.79 Å². The Bertz CT molecular complexity index is 432. The summed E-state index contributed by atoms with van der Waals surface area (Å²) in [6.45, 7) is 0. The average Bonchev–Trinajstić information content (AvgIpc) is 2.94. The molecule has 0 heterocycles. The van der Waals surface area contributed by atoms with Crippen molar-refractivity contribution in [2.24, 2.45) is 5.92 Å². The van der Waals surface area contributed by atoms with Crippen molar-refractivity contribution in [1.82, 2.24) is 5.32 Å². The lowest BCUT2D eigenvalue weighted by Crippen LogP contribution is -2.38. The standard InChI is InChI=1S/C11H10F3NO2/c12-11(13,14)8-6-10(8,15-9(16)17)7-4-2-1-3-5-7/h1-5,8,15H,6H2,(H,16,17). The van der Waals surface area contributed by atoms with Crippen LogP contribution in [0.25, 0.3) is 0 Å². The van der Waals surface area contributed by atoms with Crippen LogP contribution in [0.3, 0.4) is 0 Å². The van der Waals surface area contributed by atoms with Gasteiger partial charge >= 0.3 is 12.3 Å². The molecule has 2 N–H and O–H groups in total. The van der Waals surface area contributed by atoms with Crippen LogP contribution in [0.2, 0.25) is 0 Å². The first-order chi connectivity index (χ1) is 7.86. The molecule has 17 heavy (non-hydrogen) atoms. The molecule has 1 amide bonds. The smallest absolute Gasteiger partial charge is 0.405 e. The number of rotatable bonds is 2. The molecule has 3 nitrogen and oxygen atoms in total. The van der Waals surface area contributed by atoms with Crippen LogP contribution in [0.4, 0.5) is 18.0 Å². The fraction of sp³-hybridized carbons (Fsp3) is 0.364. The van der Waals surface area contributed by atoms with Gasteiger partial charge in [-0.05, 0) is 12.0 Å². The Morgan fingerprint density at radius 3 is 2.35 bits per heavy atom. The molecule has 2 unspecified atom stereocenters. The molecule has 0 bridgehead atoms. The van der Waals surface area contributed by atoms with Gasteiger partial charge in [0.15, 0.2) is 0 Å². The van der Waals surface area contributed by atoms with Crippen LogP contribution in [0, 0.1) is 5.92 Å². The number of carboxylic acid groups (broad SMARTS) is 1. The van der Waals surface area contributed by atoms with Crippen LogP contribution in [-0.4, -0.2) is 17.4 Å². The molecule has 1 aliphatic carbocycles. The van der Waals surface area contributed by atoms with E-state index in [2.05, 4.69) is 0 Å². The van der Waals surface area contributed by atoms with E-state index >= 15 is 0 Å². The molecule has 0 radical (unpaired) electrons. The summed E-state index contributed by atoms with van der Waals surface area (Å²) in [6, 6.07) is 7.85. The lowest BCUT2D eigenvalue weighted by atomic mass is 10.0. The van der Waals surface area contributed by atoms with E-state index < -0.39 is 23.7 Å². The second-order valence-electron chi connectivity index (χ2n) is 4.07. The fourth-order valence-corrected chi connectivity index (χ4v) is 2.11. The van der Waals surface area contributed by atoms with Gasteiger partial charge in [0.1, 0.15) is 0 Å². The van der Waals surface area contributed by atoms with E-state index in [4.69, 9.17) is 5.11 Å². The molecule has 1 aliphatic rings. The van der Waals surface area contributed by atoms with E-state index in [1.165, 1.54) is 12.1 Å². The van der Waals surface area contributed by atoms with E-state index in [0.717, 1.165) is 0 Å². The van der Waals surface area contributed by atoms with Crippen molar-refractivity contribution in [3.8, 4) is 0 Å². The highest BCUT2D eigenvalue weighted by Crippen LogP contribution is 2.59. The molecule has 1 aromatic carbocycles. The summed E-state index contributed by atoms with van der Waals surface area (Å²) in [5.74, 6) is -1.64. The minimum absolute atomic E-state index is 0.243. The van der Waals surface area contributed by atoms with Crippen molar-refractivity contribution in [2.45, 2.75) is 18.1 Å². The zero-order valence-corrected chi connectivity index (χ0v) is 8.66. The highest BCUT2D eigenvalue weighted by molar-refractivity contribution is 5.67. The van der Waals surface area contributed by atoms with Crippen molar-refractivity contribution in [3.05, 3.63) is 35.9 Å². The quantitative estimate of drug-likeness (QED) is 0.841. The van der Waals surface area contributed by atoms with E-state index in [1.807, 2.05) is 5.32 Å². The molecule has 6 heteroatoms. The molecule has 2 atom stereocenters. The third-order valence-corrected chi connectivity index (χ3v) is 2.97. The topological polar surface area (TPSA) is 49.3 Å². The highest BCUT2D eigenvalue weighted by atomic mass is 19.4. The molecule has 2 rings (SSSR count). The van der Waals surface area contributed by atoms with Crippen LogP contribution in [0.1, 0.15) is 12.0 Å². The van der Waals surface area contributed by atoms with Crippen LogP contribution in [-0.2, 0) is 5.54 Å². The Balaban J connectivity index is 2.32.